The first-order valence-corrected chi connectivity index (χ1v) is 6.79. The number of hydrogen-bond donors (Lipinski definition) is 2. The molecule has 1 saturated carbocycles. The van der Waals surface area contributed by atoms with E-state index in [1.807, 2.05) is 0 Å². The van der Waals surface area contributed by atoms with Crippen LogP contribution in [0.25, 0.3) is 0 Å². The molecule has 2 N–H and O–H groups in total. The predicted octanol–water partition coefficient (Wildman–Crippen LogP) is 3.00. The normalized spacial score (nSPS) is 16.9. The fraction of sp³-hybridized carbons (Fsp3) is 0.429. The average Bonchev–Trinajstić information content (AvgIpc) is 2.75. The molecule has 0 aromatic heterocycles. The number of carbonyl (C=O) groups excluding carboxylic acids is 1. The first-order chi connectivity index (χ1) is 9.42. The monoisotopic (exact) mass is 299 g/mol. The zero-order chi connectivity index (χ0) is 14.8. The van der Waals surface area contributed by atoms with Crippen LogP contribution in [0.3, 0.4) is 0 Å². The molecule has 1 fully saturated rings. The SMILES string of the molecule is O=C(O)CC1(NC(=O)c2ccc(F)cc2Cl)CCCC1. The van der Waals surface area contributed by atoms with E-state index in [2.05, 4.69) is 5.32 Å². The molecule has 0 saturated heterocycles. The van der Waals surface area contributed by atoms with Crippen molar-refractivity contribution in [3.8, 4) is 0 Å². The van der Waals surface area contributed by atoms with Crippen LogP contribution in [0.4, 0.5) is 4.39 Å². The summed E-state index contributed by atoms with van der Waals surface area (Å²) in [5.41, 5.74) is -0.564. The van der Waals surface area contributed by atoms with Crippen molar-refractivity contribution in [1.82, 2.24) is 5.32 Å². The number of halogens is 2. The molecular weight excluding hydrogens is 285 g/mol. The maximum absolute atomic E-state index is 13.0. The summed E-state index contributed by atoms with van der Waals surface area (Å²) < 4.78 is 13.0. The molecule has 6 heteroatoms. The van der Waals surface area contributed by atoms with Gasteiger partial charge in [0.1, 0.15) is 5.82 Å². The van der Waals surface area contributed by atoms with Crippen LogP contribution in [0, 0.1) is 5.82 Å². The van der Waals surface area contributed by atoms with E-state index in [9.17, 15) is 14.0 Å². The molecule has 1 aliphatic rings. The van der Waals surface area contributed by atoms with E-state index in [4.69, 9.17) is 16.7 Å². The maximum Gasteiger partial charge on any atom is 0.305 e. The third kappa shape index (κ3) is 3.28. The van der Waals surface area contributed by atoms with Gasteiger partial charge in [0, 0.05) is 0 Å². The fourth-order valence-electron chi connectivity index (χ4n) is 2.67. The van der Waals surface area contributed by atoms with Crippen molar-refractivity contribution >= 4 is 23.5 Å². The molecule has 0 unspecified atom stereocenters. The summed E-state index contributed by atoms with van der Waals surface area (Å²) in [6, 6.07) is 3.52. The smallest absolute Gasteiger partial charge is 0.305 e. The molecule has 108 valence electrons. The van der Waals surface area contributed by atoms with E-state index in [-0.39, 0.29) is 17.0 Å². The highest BCUT2D eigenvalue weighted by Crippen LogP contribution is 2.33. The number of aliphatic carboxylic acids is 1. The Morgan fingerprint density at radius 3 is 2.55 bits per heavy atom. The highest BCUT2D eigenvalue weighted by atomic mass is 35.5. The van der Waals surface area contributed by atoms with E-state index in [1.54, 1.807) is 0 Å². The minimum absolute atomic E-state index is 0.0194. The Labute approximate surface area is 120 Å². The molecule has 0 heterocycles. The van der Waals surface area contributed by atoms with Gasteiger partial charge in [0.05, 0.1) is 22.5 Å². The summed E-state index contributed by atoms with van der Waals surface area (Å²) in [5.74, 6) is -1.93. The summed E-state index contributed by atoms with van der Waals surface area (Å²) in [6.45, 7) is 0. The van der Waals surface area contributed by atoms with E-state index in [1.165, 1.54) is 6.07 Å². The number of amides is 1. The molecule has 0 aliphatic heterocycles. The van der Waals surface area contributed by atoms with Gasteiger partial charge in [-0.1, -0.05) is 24.4 Å². The molecule has 0 atom stereocenters. The summed E-state index contributed by atoms with van der Waals surface area (Å²) >= 11 is 5.84. The molecule has 1 aliphatic carbocycles. The van der Waals surface area contributed by atoms with Crippen LogP contribution in [0.2, 0.25) is 5.02 Å². The van der Waals surface area contributed by atoms with Gasteiger partial charge >= 0.3 is 5.97 Å². The number of hydrogen-bond acceptors (Lipinski definition) is 2. The Kier molecular flexibility index (Phi) is 4.28. The second kappa shape index (κ2) is 5.79. The Bertz CT molecular complexity index is 541. The van der Waals surface area contributed by atoms with Crippen LogP contribution in [0.5, 0.6) is 0 Å². The lowest BCUT2D eigenvalue weighted by atomic mass is 9.92. The number of benzene rings is 1. The molecule has 20 heavy (non-hydrogen) atoms. The number of carboxylic acids is 1. The van der Waals surface area contributed by atoms with Crippen molar-refractivity contribution in [1.29, 1.82) is 0 Å². The van der Waals surface area contributed by atoms with Gasteiger partial charge < -0.3 is 10.4 Å². The molecule has 0 bridgehead atoms. The third-order valence-electron chi connectivity index (χ3n) is 3.60. The van der Waals surface area contributed by atoms with Gasteiger partial charge in [0.15, 0.2) is 0 Å². The molecule has 1 amide bonds. The van der Waals surface area contributed by atoms with E-state index >= 15 is 0 Å². The van der Waals surface area contributed by atoms with E-state index in [0.29, 0.717) is 12.8 Å². The van der Waals surface area contributed by atoms with Gasteiger partial charge in [-0.2, -0.15) is 0 Å². The lowest BCUT2D eigenvalue weighted by molar-refractivity contribution is -0.138. The van der Waals surface area contributed by atoms with E-state index in [0.717, 1.165) is 25.0 Å². The van der Waals surface area contributed by atoms with Crippen LogP contribution in [-0.4, -0.2) is 22.5 Å². The van der Waals surface area contributed by atoms with Crippen LogP contribution in [-0.2, 0) is 4.79 Å². The molecule has 2 rings (SSSR count). The number of nitrogens with one attached hydrogen (secondary N) is 1. The number of carbonyl (C=O) groups is 2. The Morgan fingerprint density at radius 1 is 1.35 bits per heavy atom. The Balaban J connectivity index is 2.18. The standard InChI is InChI=1S/C14H15ClFNO3/c15-11-7-9(16)3-4-10(11)13(20)17-14(8-12(18)19)5-1-2-6-14/h3-4,7H,1-2,5-6,8H2,(H,17,20)(H,18,19). The fourth-order valence-corrected chi connectivity index (χ4v) is 2.92. The van der Waals surface area contributed by atoms with Crippen LogP contribution in [0.15, 0.2) is 18.2 Å². The van der Waals surface area contributed by atoms with Crippen molar-refractivity contribution in [3.05, 3.63) is 34.6 Å². The molecule has 1 aromatic carbocycles. The minimum Gasteiger partial charge on any atom is -0.481 e. The van der Waals surface area contributed by atoms with Gasteiger partial charge in [-0.15, -0.1) is 0 Å². The van der Waals surface area contributed by atoms with Crippen molar-refractivity contribution in [3.63, 3.8) is 0 Å². The molecular formula is C14H15ClFNO3. The van der Waals surface area contributed by atoms with Crippen molar-refractivity contribution in [2.75, 3.05) is 0 Å². The molecule has 0 radical (unpaired) electrons. The summed E-state index contributed by atoms with van der Waals surface area (Å²) in [5, 5.41) is 11.8. The second-order valence-electron chi connectivity index (χ2n) is 5.14. The van der Waals surface area contributed by atoms with Crippen molar-refractivity contribution in [2.45, 2.75) is 37.6 Å². The Hall–Kier alpha value is -1.62. The molecule has 1 aromatic rings. The molecule has 0 spiro atoms. The first-order valence-electron chi connectivity index (χ1n) is 6.41. The average molecular weight is 300 g/mol. The number of rotatable bonds is 4. The maximum atomic E-state index is 13.0. The van der Waals surface area contributed by atoms with Crippen LogP contribution in [0.1, 0.15) is 42.5 Å². The highest BCUT2D eigenvalue weighted by Gasteiger charge is 2.37. The predicted molar refractivity (Wildman–Crippen MR) is 72.3 cm³/mol. The summed E-state index contributed by atoms with van der Waals surface area (Å²) in [7, 11) is 0. The minimum atomic E-state index is -0.947. The Morgan fingerprint density at radius 2 is 2.00 bits per heavy atom. The van der Waals surface area contributed by atoms with Crippen molar-refractivity contribution < 1.29 is 19.1 Å². The second-order valence-corrected chi connectivity index (χ2v) is 5.54. The zero-order valence-electron chi connectivity index (χ0n) is 10.8. The summed E-state index contributed by atoms with van der Waals surface area (Å²) in [4.78, 5) is 23.2. The summed E-state index contributed by atoms with van der Waals surface area (Å²) in [6.07, 6.45) is 2.90. The number of carboxylic acid groups (broad SMARTS) is 1. The van der Waals surface area contributed by atoms with Gasteiger partial charge in [0.25, 0.3) is 5.91 Å². The third-order valence-corrected chi connectivity index (χ3v) is 3.92. The highest BCUT2D eigenvalue weighted by molar-refractivity contribution is 6.33. The van der Waals surface area contributed by atoms with Crippen molar-refractivity contribution in [2.24, 2.45) is 0 Å². The lowest BCUT2D eigenvalue weighted by Gasteiger charge is -2.28. The van der Waals surface area contributed by atoms with Gasteiger partial charge in [-0.05, 0) is 31.0 Å². The lowest BCUT2D eigenvalue weighted by Crippen LogP contribution is -2.47. The van der Waals surface area contributed by atoms with Crippen LogP contribution < -0.4 is 5.32 Å². The largest absolute Gasteiger partial charge is 0.481 e. The first kappa shape index (κ1) is 14.8. The zero-order valence-corrected chi connectivity index (χ0v) is 11.5. The van der Waals surface area contributed by atoms with Crippen LogP contribution >= 0.6 is 11.6 Å². The van der Waals surface area contributed by atoms with Gasteiger partial charge in [-0.3, -0.25) is 9.59 Å². The van der Waals surface area contributed by atoms with Gasteiger partial charge in [0.2, 0.25) is 0 Å². The van der Waals surface area contributed by atoms with E-state index < -0.39 is 23.2 Å². The molecule has 4 nitrogen and oxygen atoms in total. The van der Waals surface area contributed by atoms with Gasteiger partial charge in [-0.25, -0.2) is 4.39 Å². The topological polar surface area (TPSA) is 66.4 Å². The quantitative estimate of drug-likeness (QED) is 0.898.